The molecule has 108 valence electrons. The molecule has 2 amide bonds. The van der Waals surface area contributed by atoms with Gasteiger partial charge in [-0.2, -0.15) is 0 Å². The summed E-state index contributed by atoms with van der Waals surface area (Å²) in [4.78, 5) is 25.4. The van der Waals surface area contributed by atoms with E-state index < -0.39 is 0 Å². The molecule has 2 aliphatic heterocycles. The Balaban J connectivity index is 0.00000133. The maximum absolute atomic E-state index is 12.3. The molecule has 0 spiro atoms. The lowest BCUT2D eigenvalue weighted by molar-refractivity contribution is -0.133. The predicted molar refractivity (Wildman–Crippen MR) is 73.8 cm³/mol. The average molecular weight is 288 g/mol. The maximum Gasteiger partial charge on any atom is 0.245 e. The molecule has 4 atom stereocenters. The van der Waals surface area contributed by atoms with Crippen molar-refractivity contribution in [1.82, 2.24) is 10.2 Å². The van der Waals surface area contributed by atoms with Gasteiger partial charge in [0.2, 0.25) is 11.8 Å². The van der Waals surface area contributed by atoms with Gasteiger partial charge in [0.05, 0.1) is 0 Å². The van der Waals surface area contributed by atoms with Crippen molar-refractivity contribution in [2.75, 3.05) is 13.1 Å². The van der Waals surface area contributed by atoms with Crippen molar-refractivity contribution in [3.63, 3.8) is 0 Å². The summed E-state index contributed by atoms with van der Waals surface area (Å²) < 4.78 is 0. The van der Waals surface area contributed by atoms with E-state index >= 15 is 0 Å². The summed E-state index contributed by atoms with van der Waals surface area (Å²) in [5.41, 5.74) is 6.15. The highest BCUT2D eigenvalue weighted by molar-refractivity contribution is 5.91. The van der Waals surface area contributed by atoms with Crippen molar-refractivity contribution < 1.29 is 9.59 Å². The second-order valence-corrected chi connectivity index (χ2v) is 5.92. The summed E-state index contributed by atoms with van der Waals surface area (Å²) in [6.07, 6.45) is 4.60. The highest BCUT2D eigenvalue weighted by atomic mass is 35.5. The number of carbonyl (C=O) groups excluding carboxylic acids is 2. The molecule has 1 saturated carbocycles. The fourth-order valence-corrected chi connectivity index (χ4v) is 3.72. The number of halogens is 1. The van der Waals surface area contributed by atoms with E-state index in [1.807, 2.05) is 4.90 Å². The van der Waals surface area contributed by atoms with E-state index in [0.717, 1.165) is 19.5 Å². The van der Waals surface area contributed by atoms with Crippen molar-refractivity contribution in [2.24, 2.45) is 17.6 Å². The maximum atomic E-state index is 12.3. The number of rotatable bonds is 1. The van der Waals surface area contributed by atoms with Gasteiger partial charge >= 0.3 is 0 Å². The molecule has 4 unspecified atom stereocenters. The highest BCUT2D eigenvalue weighted by Gasteiger charge is 2.42. The summed E-state index contributed by atoms with van der Waals surface area (Å²) in [7, 11) is 0. The van der Waals surface area contributed by atoms with Crippen LogP contribution in [0.2, 0.25) is 0 Å². The zero-order valence-corrected chi connectivity index (χ0v) is 11.8. The first kappa shape index (κ1) is 14.6. The van der Waals surface area contributed by atoms with Crippen LogP contribution in [0.3, 0.4) is 0 Å². The van der Waals surface area contributed by atoms with Crippen LogP contribution in [0.15, 0.2) is 0 Å². The van der Waals surface area contributed by atoms with Gasteiger partial charge in [0, 0.05) is 25.6 Å². The molecule has 6 heteroatoms. The standard InChI is InChI=1S/C13H21N3O2.ClH/c14-10-3-1-2-8-6-16(7-9(8)10)13(18)11-4-5-12(17)15-11;/h8-11H,1-7,14H2,(H,15,17);1H. The van der Waals surface area contributed by atoms with Crippen LogP contribution in [0.5, 0.6) is 0 Å². The number of fused-ring (bicyclic) bond motifs is 1. The number of likely N-dealkylation sites (tertiary alicyclic amines) is 1. The van der Waals surface area contributed by atoms with Gasteiger partial charge in [-0.3, -0.25) is 9.59 Å². The Kier molecular flexibility index (Phi) is 4.36. The fraction of sp³-hybridized carbons (Fsp3) is 0.846. The fourth-order valence-electron chi connectivity index (χ4n) is 3.72. The van der Waals surface area contributed by atoms with Crippen LogP contribution in [-0.4, -0.2) is 41.9 Å². The first-order chi connectivity index (χ1) is 8.65. The Labute approximate surface area is 119 Å². The molecule has 1 aliphatic carbocycles. The lowest BCUT2D eigenvalue weighted by Crippen LogP contribution is -2.44. The van der Waals surface area contributed by atoms with Crippen LogP contribution in [0, 0.1) is 11.8 Å². The second kappa shape index (κ2) is 5.67. The predicted octanol–water partition coefficient (Wildman–Crippen LogP) is 0.273. The summed E-state index contributed by atoms with van der Waals surface area (Å²) in [5.74, 6) is 1.15. The van der Waals surface area contributed by atoms with Crippen molar-refractivity contribution in [3.8, 4) is 0 Å². The molecule has 3 rings (SSSR count). The molecule has 0 aromatic carbocycles. The van der Waals surface area contributed by atoms with E-state index in [9.17, 15) is 9.59 Å². The van der Waals surface area contributed by atoms with Crippen LogP contribution in [0.25, 0.3) is 0 Å². The van der Waals surface area contributed by atoms with Crippen LogP contribution in [0.4, 0.5) is 0 Å². The van der Waals surface area contributed by atoms with Crippen molar-refractivity contribution in [2.45, 2.75) is 44.2 Å². The molecule has 5 nitrogen and oxygen atoms in total. The van der Waals surface area contributed by atoms with E-state index in [-0.39, 0.29) is 36.3 Å². The number of amides is 2. The van der Waals surface area contributed by atoms with Gasteiger partial charge < -0.3 is 16.0 Å². The molecule has 0 aromatic heterocycles. The Morgan fingerprint density at radius 3 is 2.68 bits per heavy atom. The normalized spacial score (nSPS) is 37.5. The summed E-state index contributed by atoms with van der Waals surface area (Å²) in [5, 5.41) is 2.76. The third-order valence-electron chi connectivity index (χ3n) is 4.76. The Bertz CT molecular complexity index is 377. The molecule has 19 heavy (non-hydrogen) atoms. The van der Waals surface area contributed by atoms with E-state index in [4.69, 9.17) is 5.73 Å². The molecule has 0 aromatic rings. The van der Waals surface area contributed by atoms with Crippen LogP contribution in [0.1, 0.15) is 32.1 Å². The van der Waals surface area contributed by atoms with Gasteiger partial charge in [-0.05, 0) is 31.1 Å². The van der Waals surface area contributed by atoms with E-state index in [0.29, 0.717) is 24.7 Å². The lowest BCUT2D eigenvalue weighted by atomic mass is 9.78. The van der Waals surface area contributed by atoms with Gasteiger partial charge in [0.1, 0.15) is 6.04 Å². The molecule has 0 bridgehead atoms. The van der Waals surface area contributed by atoms with Crippen LogP contribution >= 0.6 is 12.4 Å². The SMILES string of the molecule is Cl.NC1CCCC2CN(C(=O)C3CCC(=O)N3)CC12. The monoisotopic (exact) mass is 287 g/mol. The largest absolute Gasteiger partial charge is 0.344 e. The topological polar surface area (TPSA) is 75.4 Å². The first-order valence-electron chi connectivity index (χ1n) is 6.99. The quantitative estimate of drug-likeness (QED) is 0.727. The minimum Gasteiger partial charge on any atom is -0.344 e. The van der Waals surface area contributed by atoms with Gasteiger partial charge in [-0.25, -0.2) is 0 Å². The zero-order chi connectivity index (χ0) is 12.7. The average Bonchev–Trinajstić information content (AvgIpc) is 2.95. The molecule has 2 heterocycles. The van der Waals surface area contributed by atoms with Crippen molar-refractivity contribution >= 4 is 24.2 Å². The number of hydrogen-bond donors (Lipinski definition) is 2. The Morgan fingerprint density at radius 1 is 1.26 bits per heavy atom. The minimum atomic E-state index is -0.283. The van der Waals surface area contributed by atoms with Crippen LogP contribution < -0.4 is 11.1 Å². The van der Waals surface area contributed by atoms with Gasteiger partial charge in [-0.1, -0.05) is 6.42 Å². The smallest absolute Gasteiger partial charge is 0.245 e. The van der Waals surface area contributed by atoms with Gasteiger partial charge in [-0.15, -0.1) is 12.4 Å². The molecule has 3 N–H and O–H groups in total. The van der Waals surface area contributed by atoms with E-state index in [1.54, 1.807) is 0 Å². The van der Waals surface area contributed by atoms with E-state index in [1.165, 1.54) is 12.8 Å². The molecule has 3 fully saturated rings. The summed E-state index contributed by atoms with van der Waals surface area (Å²) >= 11 is 0. The van der Waals surface area contributed by atoms with E-state index in [2.05, 4.69) is 5.32 Å². The van der Waals surface area contributed by atoms with Crippen LogP contribution in [-0.2, 0) is 9.59 Å². The van der Waals surface area contributed by atoms with Gasteiger partial charge in [0.15, 0.2) is 0 Å². The zero-order valence-electron chi connectivity index (χ0n) is 11.0. The Hall–Kier alpha value is -0.810. The molecule has 0 radical (unpaired) electrons. The second-order valence-electron chi connectivity index (χ2n) is 5.92. The van der Waals surface area contributed by atoms with Gasteiger partial charge in [0.25, 0.3) is 0 Å². The number of carbonyl (C=O) groups is 2. The third-order valence-corrected chi connectivity index (χ3v) is 4.76. The lowest BCUT2D eigenvalue weighted by Gasteiger charge is -2.29. The molecular weight excluding hydrogens is 266 g/mol. The van der Waals surface area contributed by atoms with Crippen molar-refractivity contribution in [3.05, 3.63) is 0 Å². The van der Waals surface area contributed by atoms with Crippen molar-refractivity contribution in [1.29, 1.82) is 0 Å². The highest BCUT2D eigenvalue weighted by Crippen LogP contribution is 2.35. The molecule has 2 saturated heterocycles. The molecule has 3 aliphatic rings. The number of nitrogens with two attached hydrogens (primary N) is 1. The first-order valence-corrected chi connectivity index (χ1v) is 6.99. The minimum absolute atomic E-state index is 0. The summed E-state index contributed by atoms with van der Waals surface area (Å²) in [6.45, 7) is 1.63. The number of nitrogens with zero attached hydrogens (tertiary/aromatic N) is 1. The Morgan fingerprint density at radius 2 is 2.05 bits per heavy atom. The molecular formula is C13H22ClN3O2. The number of nitrogens with one attached hydrogen (secondary N) is 1. The summed E-state index contributed by atoms with van der Waals surface area (Å²) in [6, 6.07) is -0.0337. The third kappa shape index (κ3) is 2.72. The number of hydrogen-bond acceptors (Lipinski definition) is 3.